The standard InChI is InChI=1S/C8H5Cl2F3O/c1-14-7-4(8(11,12)13)2-3-5(9)6(7)10/h2-3H,1H3. The molecule has 14 heavy (non-hydrogen) atoms. The Hall–Kier alpha value is -0.610. The Kier molecular flexibility index (Phi) is 3.17. The Labute approximate surface area is 88.4 Å². The van der Waals surface area contributed by atoms with E-state index in [2.05, 4.69) is 4.74 Å². The molecule has 0 radical (unpaired) electrons. The van der Waals surface area contributed by atoms with Crippen LogP contribution in [0.2, 0.25) is 10.0 Å². The average Bonchev–Trinajstić information content (AvgIpc) is 2.07. The Morgan fingerprint density at radius 3 is 2.21 bits per heavy atom. The van der Waals surface area contributed by atoms with Gasteiger partial charge in [-0.05, 0) is 12.1 Å². The van der Waals surface area contributed by atoms with E-state index in [0.29, 0.717) is 0 Å². The summed E-state index contributed by atoms with van der Waals surface area (Å²) in [5.74, 6) is -0.452. The number of ether oxygens (including phenoxy) is 1. The number of halogens is 5. The molecule has 0 bridgehead atoms. The Balaban J connectivity index is 3.39. The summed E-state index contributed by atoms with van der Waals surface area (Å²) < 4.78 is 41.6. The fourth-order valence-corrected chi connectivity index (χ4v) is 1.35. The summed E-state index contributed by atoms with van der Waals surface area (Å²) in [6, 6.07) is 1.91. The molecule has 0 atom stereocenters. The average molecular weight is 245 g/mol. The van der Waals surface area contributed by atoms with Gasteiger partial charge >= 0.3 is 6.18 Å². The molecule has 0 aliphatic heterocycles. The molecule has 1 rings (SSSR count). The lowest BCUT2D eigenvalue weighted by Crippen LogP contribution is -2.07. The van der Waals surface area contributed by atoms with Crippen molar-refractivity contribution in [2.75, 3.05) is 7.11 Å². The van der Waals surface area contributed by atoms with Crippen LogP contribution in [0.5, 0.6) is 5.75 Å². The predicted octanol–water partition coefficient (Wildman–Crippen LogP) is 4.02. The van der Waals surface area contributed by atoms with E-state index in [9.17, 15) is 13.2 Å². The minimum absolute atomic E-state index is 0.0246. The van der Waals surface area contributed by atoms with Gasteiger partial charge in [-0.15, -0.1) is 0 Å². The molecule has 1 aromatic rings. The van der Waals surface area contributed by atoms with Crippen molar-refractivity contribution < 1.29 is 17.9 Å². The summed E-state index contributed by atoms with van der Waals surface area (Å²) in [6.07, 6.45) is -4.50. The molecule has 0 amide bonds. The summed E-state index contributed by atoms with van der Waals surface area (Å²) >= 11 is 11.1. The van der Waals surface area contributed by atoms with Crippen molar-refractivity contribution in [1.29, 1.82) is 0 Å². The van der Waals surface area contributed by atoms with Gasteiger partial charge in [-0.1, -0.05) is 23.2 Å². The lowest BCUT2D eigenvalue weighted by Gasteiger charge is -2.13. The third kappa shape index (κ3) is 2.07. The molecular formula is C8H5Cl2F3O. The van der Waals surface area contributed by atoms with E-state index in [0.717, 1.165) is 19.2 Å². The zero-order valence-corrected chi connectivity index (χ0v) is 8.46. The number of benzene rings is 1. The summed E-state index contributed by atoms with van der Waals surface area (Å²) in [7, 11) is 1.10. The van der Waals surface area contributed by atoms with E-state index in [1.54, 1.807) is 0 Å². The highest BCUT2D eigenvalue weighted by molar-refractivity contribution is 6.43. The van der Waals surface area contributed by atoms with E-state index < -0.39 is 17.5 Å². The first-order chi connectivity index (χ1) is 6.38. The second kappa shape index (κ2) is 3.87. The molecule has 0 aliphatic rings. The molecule has 0 N–H and O–H groups in total. The highest BCUT2D eigenvalue weighted by Gasteiger charge is 2.35. The minimum Gasteiger partial charge on any atom is -0.494 e. The molecule has 0 saturated heterocycles. The van der Waals surface area contributed by atoms with E-state index in [4.69, 9.17) is 23.2 Å². The lowest BCUT2D eigenvalue weighted by molar-refractivity contribution is -0.138. The van der Waals surface area contributed by atoms with E-state index >= 15 is 0 Å². The second-order valence-electron chi connectivity index (χ2n) is 2.44. The monoisotopic (exact) mass is 244 g/mol. The van der Waals surface area contributed by atoms with E-state index in [1.807, 2.05) is 0 Å². The van der Waals surface area contributed by atoms with Gasteiger partial charge in [0, 0.05) is 0 Å². The van der Waals surface area contributed by atoms with Crippen molar-refractivity contribution in [3.05, 3.63) is 27.7 Å². The summed E-state index contributed by atoms with van der Waals surface area (Å²) in [4.78, 5) is 0. The van der Waals surface area contributed by atoms with Gasteiger partial charge in [-0.25, -0.2) is 0 Å². The van der Waals surface area contributed by atoms with Crippen molar-refractivity contribution in [3.63, 3.8) is 0 Å². The third-order valence-corrected chi connectivity index (χ3v) is 2.35. The van der Waals surface area contributed by atoms with Crippen LogP contribution in [0.1, 0.15) is 5.56 Å². The van der Waals surface area contributed by atoms with E-state index in [-0.39, 0.29) is 10.0 Å². The van der Waals surface area contributed by atoms with Gasteiger partial charge in [-0.3, -0.25) is 0 Å². The highest BCUT2D eigenvalue weighted by Crippen LogP contribution is 2.42. The second-order valence-corrected chi connectivity index (χ2v) is 3.23. The van der Waals surface area contributed by atoms with Crippen LogP contribution in [0.25, 0.3) is 0 Å². The maximum absolute atomic E-state index is 12.4. The number of alkyl halides is 3. The molecule has 0 saturated carbocycles. The quantitative estimate of drug-likeness (QED) is 0.725. The molecule has 1 aromatic carbocycles. The van der Waals surface area contributed by atoms with Crippen molar-refractivity contribution in [2.45, 2.75) is 6.18 Å². The fraction of sp³-hybridized carbons (Fsp3) is 0.250. The normalized spacial score (nSPS) is 11.6. The minimum atomic E-state index is -4.50. The van der Waals surface area contributed by atoms with Gasteiger partial charge in [0.1, 0.15) is 5.02 Å². The zero-order chi connectivity index (χ0) is 10.9. The molecule has 0 unspecified atom stereocenters. The number of hydrogen-bond donors (Lipinski definition) is 0. The molecule has 0 heterocycles. The topological polar surface area (TPSA) is 9.23 Å². The summed E-state index contributed by atoms with van der Waals surface area (Å²) in [5, 5.41) is -0.208. The SMILES string of the molecule is COc1c(C(F)(F)F)ccc(Cl)c1Cl. The zero-order valence-electron chi connectivity index (χ0n) is 6.95. The van der Waals surface area contributed by atoms with Gasteiger partial charge in [-0.2, -0.15) is 13.2 Å². The molecule has 0 aliphatic carbocycles. The maximum atomic E-state index is 12.4. The molecular weight excluding hydrogens is 240 g/mol. The van der Waals surface area contributed by atoms with Crippen molar-refractivity contribution in [3.8, 4) is 5.75 Å². The molecule has 1 nitrogen and oxygen atoms in total. The summed E-state index contributed by atoms with van der Waals surface area (Å²) in [6.45, 7) is 0. The van der Waals surface area contributed by atoms with Gasteiger partial charge in [0.05, 0.1) is 17.7 Å². The molecule has 0 fully saturated rings. The largest absolute Gasteiger partial charge is 0.494 e. The first kappa shape index (κ1) is 11.5. The Morgan fingerprint density at radius 2 is 1.79 bits per heavy atom. The molecule has 6 heteroatoms. The molecule has 0 aromatic heterocycles. The van der Waals surface area contributed by atoms with Crippen LogP contribution in [-0.2, 0) is 6.18 Å². The number of hydrogen-bond acceptors (Lipinski definition) is 1. The van der Waals surface area contributed by atoms with Gasteiger partial charge in [0.25, 0.3) is 0 Å². The molecule has 0 spiro atoms. The number of methoxy groups -OCH3 is 1. The van der Waals surface area contributed by atoms with Crippen LogP contribution in [0.3, 0.4) is 0 Å². The fourth-order valence-electron chi connectivity index (χ4n) is 0.955. The van der Waals surface area contributed by atoms with Crippen molar-refractivity contribution in [1.82, 2.24) is 0 Å². The lowest BCUT2D eigenvalue weighted by atomic mass is 10.2. The van der Waals surface area contributed by atoms with Crippen LogP contribution in [0, 0.1) is 0 Å². The first-order valence-corrected chi connectivity index (χ1v) is 4.22. The van der Waals surface area contributed by atoms with E-state index in [1.165, 1.54) is 0 Å². The van der Waals surface area contributed by atoms with Crippen LogP contribution in [0.4, 0.5) is 13.2 Å². The Bertz CT molecular complexity index is 349. The van der Waals surface area contributed by atoms with Gasteiger partial charge in [0.2, 0.25) is 0 Å². The highest BCUT2D eigenvalue weighted by atomic mass is 35.5. The molecule has 78 valence electrons. The maximum Gasteiger partial charge on any atom is 0.420 e. The van der Waals surface area contributed by atoms with Crippen LogP contribution in [0.15, 0.2) is 12.1 Å². The predicted molar refractivity (Wildman–Crippen MR) is 48.0 cm³/mol. The first-order valence-electron chi connectivity index (χ1n) is 3.47. The Morgan fingerprint density at radius 1 is 1.21 bits per heavy atom. The number of rotatable bonds is 1. The van der Waals surface area contributed by atoms with Gasteiger partial charge < -0.3 is 4.74 Å². The van der Waals surface area contributed by atoms with Crippen LogP contribution < -0.4 is 4.74 Å². The van der Waals surface area contributed by atoms with Crippen LogP contribution in [-0.4, -0.2) is 7.11 Å². The van der Waals surface area contributed by atoms with Crippen molar-refractivity contribution in [2.24, 2.45) is 0 Å². The van der Waals surface area contributed by atoms with Crippen molar-refractivity contribution >= 4 is 23.2 Å². The smallest absolute Gasteiger partial charge is 0.420 e. The van der Waals surface area contributed by atoms with Gasteiger partial charge in [0.15, 0.2) is 5.75 Å². The van der Waals surface area contributed by atoms with Crippen LogP contribution >= 0.6 is 23.2 Å². The third-order valence-electron chi connectivity index (χ3n) is 1.56. The summed E-state index contributed by atoms with van der Waals surface area (Å²) in [5.41, 5.74) is -0.936.